The van der Waals surface area contributed by atoms with Gasteiger partial charge in [0.2, 0.25) is 0 Å². The lowest BCUT2D eigenvalue weighted by atomic mass is 10.0. The van der Waals surface area contributed by atoms with Crippen LogP contribution in [0.4, 0.5) is 0 Å². The number of hydrogen-bond acceptors (Lipinski definition) is 3. The summed E-state index contributed by atoms with van der Waals surface area (Å²) < 4.78 is 11.6. The van der Waals surface area contributed by atoms with E-state index < -0.39 is 0 Å². The average Bonchev–Trinajstić information content (AvgIpc) is 2.46. The third-order valence-corrected chi connectivity index (χ3v) is 3.25. The Morgan fingerprint density at radius 1 is 1.11 bits per heavy atom. The van der Waals surface area contributed by atoms with E-state index in [1.807, 2.05) is 37.4 Å². The third-order valence-electron chi connectivity index (χ3n) is 3.25. The zero-order valence-electron chi connectivity index (χ0n) is 12.4. The van der Waals surface area contributed by atoms with Crippen LogP contribution < -0.4 is 10.1 Å². The first-order valence-corrected chi connectivity index (χ1v) is 7.28. The van der Waals surface area contributed by atoms with E-state index >= 15 is 0 Å². The molecule has 2 unspecified atom stereocenters. The zero-order chi connectivity index (χ0) is 13.9. The lowest BCUT2D eigenvalue weighted by Crippen LogP contribution is -2.39. The highest BCUT2D eigenvalue weighted by atomic mass is 16.5. The molecule has 2 atom stereocenters. The summed E-state index contributed by atoms with van der Waals surface area (Å²) in [4.78, 5) is 0. The SMILES string of the molecule is CCCC(NC)C(CC)OCCOc1ccccc1. The minimum absolute atomic E-state index is 0.268. The molecule has 1 aromatic carbocycles. The smallest absolute Gasteiger partial charge is 0.119 e. The van der Waals surface area contributed by atoms with E-state index in [1.54, 1.807) is 0 Å². The Labute approximate surface area is 117 Å². The Kier molecular flexibility index (Phi) is 8.26. The van der Waals surface area contributed by atoms with E-state index in [4.69, 9.17) is 9.47 Å². The maximum atomic E-state index is 5.93. The van der Waals surface area contributed by atoms with Crippen LogP contribution in [0.15, 0.2) is 30.3 Å². The van der Waals surface area contributed by atoms with Gasteiger partial charge < -0.3 is 14.8 Å². The average molecular weight is 265 g/mol. The van der Waals surface area contributed by atoms with Crippen LogP contribution in [0.5, 0.6) is 5.75 Å². The van der Waals surface area contributed by atoms with Crippen molar-refractivity contribution in [3.63, 3.8) is 0 Å². The standard InChI is InChI=1S/C16H27NO2/c1-4-9-15(17-3)16(5-2)19-13-12-18-14-10-7-6-8-11-14/h6-8,10-11,15-17H,4-5,9,12-13H2,1-3H3. The Hall–Kier alpha value is -1.06. The lowest BCUT2D eigenvalue weighted by molar-refractivity contribution is 0.00848. The summed E-state index contributed by atoms with van der Waals surface area (Å²) in [7, 11) is 2.01. The van der Waals surface area contributed by atoms with Crippen molar-refractivity contribution in [2.75, 3.05) is 20.3 Å². The number of nitrogens with one attached hydrogen (secondary N) is 1. The number of hydrogen-bond donors (Lipinski definition) is 1. The second-order valence-corrected chi connectivity index (χ2v) is 4.66. The molecule has 0 heterocycles. The molecule has 1 rings (SSSR count). The number of benzene rings is 1. The minimum atomic E-state index is 0.268. The van der Waals surface area contributed by atoms with Crippen molar-refractivity contribution in [2.24, 2.45) is 0 Å². The quantitative estimate of drug-likeness (QED) is 0.659. The predicted molar refractivity (Wildman–Crippen MR) is 79.7 cm³/mol. The highest BCUT2D eigenvalue weighted by Gasteiger charge is 2.17. The third kappa shape index (κ3) is 6.08. The van der Waals surface area contributed by atoms with Crippen LogP contribution in [0.25, 0.3) is 0 Å². The molecule has 0 saturated carbocycles. The lowest BCUT2D eigenvalue weighted by Gasteiger charge is -2.26. The van der Waals surface area contributed by atoms with Crippen LogP contribution in [0, 0.1) is 0 Å². The van der Waals surface area contributed by atoms with Gasteiger partial charge in [-0.3, -0.25) is 0 Å². The monoisotopic (exact) mass is 265 g/mol. The first-order valence-electron chi connectivity index (χ1n) is 7.28. The second kappa shape index (κ2) is 9.82. The number of ether oxygens (including phenoxy) is 2. The van der Waals surface area contributed by atoms with E-state index in [-0.39, 0.29) is 6.10 Å². The van der Waals surface area contributed by atoms with Gasteiger partial charge in [-0.2, -0.15) is 0 Å². The Balaban J connectivity index is 2.25. The molecule has 0 aromatic heterocycles. The molecule has 3 heteroatoms. The molecule has 19 heavy (non-hydrogen) atoms. The molecule has 0 aliphatic heterocycles. The van der Waals surface area contributed by atoms with E-state index in [9.17, 15) is 0 Å². The van der Waals surface area contributed by atoms with Gasteiger partial charge in [0.15, 0.2) is 0 Å². The topological polar surface area (TPSA) is 30.5 Å². The molecule has 1 N–H and O–H groups in total. The largest absolute Gasteiger partial charge is 0.491 e. The molecule has 0 aliphatic carbocycles. The van der Waals surface area contributed by atoms with E-state index in [1.165, 1.54) is 6.42 Å². The Bertz CT molecular complexity index is 316. The van der Waals surface area contributed by atoms with E-state index in [0.717, 1.165) is 18.6 Å². The Morgan fingerprint density at radius 3 is 2.42 bits per heavy atom. The highest BCUT2D eigenvalue weighted by Crippen LogP contribution is 2.11. The van der Waals surface area contributed by atoms with E-state index in [2.05, 4.69) is 19.2 Å². The summed E-state index contributed by atoms with van der Waals surface area (Å²) in [5.74, 6) is 0.901. The molecule has 0 radical (unpaired) electrons. The van der Waals surface area contributed by atoms with Gasteiger partial charge in [0.25, 0.3) is 0 Å². The molecule has 0 aliphatic rings. The fourth-order valence-electron chi connectivity index (χ4n) is 2.22. The maximum Gasteiger partial charge on any atom is 0.119 e. The zero-order valence-corrected chi connectivity index (χ0v) is 12.4. The van der Waals surface area contributed by atoms with Crippen molar-refractivity contribution >= 4 is 0 Å². The van der Waals surface area contributed by atoms with Crippen molar-refractivity contribution in [1.29, 1.82) is 0 Å². The minimum Gasteiger partial charge on any atom is -0.491 e. The predicted octanol–water partition coefficient (Wildman–Crippen LogP) is 3.25. The van der Waals surface area contributed by atoms with Gasteiger partial charge in [-0.1, -0.05) is 38.5 Å². The van der Waals surface area contributed by atoms with Crippen LogP contribution >= 0.6 is 0 Å². The molecule has 0 saturated heterocycles. The van der Waals surface area contributed by atoms with Crippen molar-refractivity contribution < 1.29 is 9.47 Å². The maximum absolute atomic E-state index is 5.93. The van der Waals surface area contributed by atoms with Crippen LogP contribution in [0.2, 0.25) is 0 Å². The fourth-order valence-corrected chi connectivity index (χ4v) is 2.22. The van der Waals surface area contributed by atoms with Gasteiger partial charge in [0.05, 0.1) is 12.7 Å². The summed E-state index contributed by atoms with van der Waals surface area (Å²) in [5, 5.41) is 3.35. The van der Waals surface area contributed by atoms with Crippen LogP contribution in [0.1, 0.15) is 33.1 Å². The number of likely N-dealkylation sites (N-methyl/N-ethyl adjacent to an activating group) is 1. The van der Waals surface area contributed by atoms with Crippen molar-refractivity contribution in [1.82, 2.24) is 5.32 Å². The summed E-state index contributed by atoms with van der Waals surface area (Å²) >= 11 is 0. The van der Waals surface area contributed by atoms with Gasteiger partial charge in [-0.15, -0.1) is 0 Å². The van der Waals surface area contributed by atoms with Crippen LogP contribution in [-0.4, -0.2) is 32.4 Å². The molecule has 0 fully saturated rings. The molecule has 1 aromatic rings. The van der Waals surface area contributed by atoms with Crippen molar-refractivity contribution in [3.05, 3.63) is 30.3 Å². The molecule has 0 bridgehead atoms. The normalized spacial score (nSPS) is 14.1. The molecule has 3 nitrogen and oxygen atoms in total. The van der Waals surface area contributed by atoms with Gasteiger partial charge >= 0.3 is 0 Å². The van der Waals surface area contributed by atoms with Gasteiger partial charge in [0.1, 0.15) is 12.4 Å². The number of rotatable bonds is 10. The first-order chi connectivity index (χ1) is 9.31. The molecule has 0 amide bonds. The fraction of sp³-hybridized carbons (Fsp3) is 0.625. The first kappa shape index (κ1) is 16.0. The van der Waals surface area contributed by atoms with Gasteiger partial charge in [-0.25, -0.2) is 0 Å². The second-order valence-electron chi connectivity index (χ2n) is 4.66. The summed E-state index contributed by atoms with van der Waals surface area (Å²) in [6.07, 6.45) is 3.61. The van der Waals surface area contributed by atoms with E-state index in [0.29, 0.717) is 19.3 Å². The Morgan fingerprint density at radius 2 is 1.84 bits per heavy atom. The van der Waals surface area contributed by atoms with Crippen LogP contribution in [0.3, 0.4) is 0 Å². The summed E-state index contributed by atoms with van der Waals surface area (Å²) in [5.41, 5.74) is 0. The summed E-state index contributed by atoms with van der Waals surface area (Å²) in [6.45, 7) is 5.61. The highest BCUT2D eigenvalue weighted by molar-refractivity contribution is 5.20. The van der Waals surface area contributed by atoms with Crippen LogP contribution in [-0.2, 0) is 4.74 Å². The number of para-hydroxylation sites is 1. The van der Waals surface area contributed by atoms with Gasteiger partial charge in [0, 0.05) is 6.04 Å². The van der Waals surface area contributed by atoms with Crippen molar-refractivity contribution in [2.45, 2.75) is 45.3 Å². The molecule has 0 spiro atoms. The van der Waals surface area contributed by atoms with Gasteiger partial charge in [-0.05, 0) is 32.0 Å². The molecular weight excluding hydrogens is 238 g/mol. The molecular formula is C16H27NO2. The molecule has 108 valence electrons. The van der Waals surface area contributed by atoms with Crippen molar-refractivity contribution in [3.8, 4) is 5.75 Å². The summed E-state index contributed by atoms with van der Waals surface area (Å²) in [6, 6.07) is 10.3.